The van der Waals surface area contributed by atoms with E-state index in [0.29, 0.717) is 28.8 Å². The zero-order valence-electron chi connectivity index (χ0n) is 15.9. The number of imidazole rings is 1. The standard InChI is InChI=1S/C20H19F2N3O3S/c1-3-25-17-8-5-12(19(27)28-4-2)9-16(17)24-20(25)29-11-18(26)23-15-7-6-13(21)10-14(15)22/h5-10H,3-4,11H2,1-2H3,(H,23,26). The summed E-state index contributed by atoms with van der Waals surface area (Å²) in [5, 5.41) is 3.01. The molecule has 0 saturated heterocycles. The van der Waals surface area contributed by atoms with Gasteiger partial charge in [0.2, 0.25) is 5.91 Å². The van der Waals surface area contributed by atoms with Crippen molar-refractivity contribution in [2.75, 3.05) is 17.7 Å². The average molecular weight is 419 g/mol. The molecule has 0 atom stereocenters. The van der Waals surface area contributed by atoms with E-state index in [1.54, 1.807) is 25.1 Å². The minimum absolute atomic E-state index is 0.00906. The van der Waals surface area contributed by atoms with Gasteiger partial charge in [-0.2, -0.15) is 0 Å². The van der Waals surface area contributed by atoms with Gasteiger partial charge in [-0.25, -0.2) is 18.6 Å². The molecule has 0 aliphatic heterocycles. The van der Waals surface area contributed by atoms with E-state index in [9.17, 15) is 18.4 Å². The highest BCUT2D eigenvalue weighted by molar-refractivity contribution is 7.99. The Morgan fingerprint density at radius 3 is 2.66 bits per heavy atom. The zero-order chi connectivity index (χ0) is 21.0. The molecule has 0 saturated carbocycles. The number of esters is 1. The van der Waals surface area contributed by atoms with Gasteiger partial charge in [0.15, 0.2) is 5.16 Å². The quantitative estimate of drug-likeness (QED) is 0.458. The lowest BCUT2D eigenvalue weighted by atomic mass is 10.2. The molecule has 0 aliphatic rings. The van der Waals surface area contributed by atoms with Crippen LogP contribution in [0.3, 0.4) is 0 Å². The van der Waals surface area contributed by atoms with Crippen molar-refractivity contribution in [3.63, 3.8) is 0 Å². The molecule has 9 heteroatoms. The number of hydrogen-bond acceptors (Lipinski definition) is 5. The number of anilines is 1. The van der Waals surface area contributed by atoms with Crippen molar-refractivity contribution in [1.82, 2.24) is 9.55 Å². The predicted octanol–water partition coefficient (Wildman–Crippen LogP) is 4.24. The van der Waals surface area contributed by atoms with Gasteiger partial charge in [-0.05, 0) is 44.2 Å². The monoisotopic (exact) mass is 419 g/mol. The van der Waals surface area contributed by atoms with Crippen LogP contribution in [0, 0.1) is 11.6 Å². The van der Waals surface area contributed by atoms with Gasteiger partial charge in [0.05, 0.1) is 34.6 Å². The first kappa shape index (κ1) is 20.8. The Hall–Kier alpha value is -2.94. The summed E-state index contributed by atoms with van der Waals surface area (Å²) in [5.74, 6) is -2.42. The van der Waals surface area contributed by atoms with Gasteiger partial charge in [-0.1, -0.05) is 11.8 Å². The molecule has 0 fully saturated rings. The minimum atomic E-state index is -0.837. The molecular weight excluding hydrogens is 400 g/mol. The number of nitrogens with one attached hydrogen (secondary N) is 1. The van der Waals surface area contributed by atoms with Crippen LogP contribution < -0.4 is 5.32 Å². The van der Waals surface area contributed by atoms with Crippen molar-refractivity contribution in [2.24, 2.45) is 0 Å². The third-order valence-corrected chi connectivity index (χ3v) is 5.05. The molecule has 3 rings (SSSR count). The molecule has 2 aromatic carbocycles. The highest BCUT2D eigenvalue weighted by Gasteiger charge is 2.15. The number of carbonyl (C=O) groups excluding carboxylic acids is 2. The summed E-state index contributed by atoms with van der Waals surface area (Å²) >= 11 is 1.19. The largest absolute Gasteiger partial charge is 0.462 e. The lowest BCUT2D eigenvalue weighted by molar-refractivity contribution is -0.113. The fraction of sp³-hybridized carbons (Fsp3) is 0.250. The summed E-state index contributed by atoms with van der Waals surface area (Å²) in [5.41, 5.74) is 1.76. The number of fused-ring (bicyclic) bond motifs is 1. The first-order chi connectivity index (χ1) is 13.9. The molecule has 0 unspecified atom stereocenters. The Balaban J connectivity index is 1.75. The van der Waals surface area contributed by atoms with E-state index < -0.39 is 23.5 Å². The van der Waals surface area contributed by atoms with E-state index >= 15 is 0 Å². The second-order valence-corrected chi connectivity index (χ2v) is 6.97. The van der Waals surface area contributed by atoms with Gasteiger partial charge in [-0.15, -0.1) is 0 Å². The number of rotatable bonds is 7. The Labute approximate surface area is 170 Å². The molecule has 152 valence electrons. The fourth-order valence-electron chi connectivity index (χ4n) is 2.77. The summed E-state index contributed by atoms with van der Waals surface area (Å²) in [6.07, 6.45) is 0. The van der Waals surface area contributed by atoms with Crippen molar-refractivity contribution >= 4 is 40.4 Å². The summed E-state index contributed by atoms with van der Waals surface area (Å²) in [6.45, 7) is 4.58. The van der Waals surface area contributed by atoms with E-state index in [0.717, 1.165) is 11.6 Å². The molecule has 0 spiro atoms. The first-order valence-electron chi connectivity index (χ1n) is 8.98. The van der Waals surface area contributed by atoms with Crippen molar-refractivity contribution in [2.45, 2.75) is 25.5 Å². The molecule has 6 nitrogen and oxygen atoms in total. The number of benzene rings is 2. The molecule has 0 radical (unpaired) electrons. The number of aromatic nitrogens is 2. The molecule has 29 heavy (non-hydrogen) atoms. The van der Waals surface area contributed by atoms with E-state index in [4.69, 9.17) is 4.74 Å². The van der Waals surface area contributed by atoms with E-state index in [2.05, 4.69) is 10.3 Å². The number of hydrogen-bond donors (Lipinski definition) is 1. The van der Waals surface area contributed by atoms with Crippen molar-refractivity contribution < 1.29 is 23.1 Å². The van der Waals surface area contributed by atoms with Gasteiger partial charge in [-0.3, -0.25) is 4.79 Å². The summed E-state index contributed by atoms with van der Waals surface area (Å²) in [6, 6.07) is 8.07. The number of halogens is 2. The van der Waals surface area contributed by atoms with Crippen LogP contribution >= 0.6 is 11.8 Å². The first-order valence-corrected chi connectivity index (χ1v) is 9.96. The van der Waals surface area contributed by atoms with Gasteiger partial charge < -0.3 is 14.6 Å². The second-order valence-electron chi connectivity index (χ2n) is 6.02. The molecule has 0 aliphatic carbocycles. The third kappa shape index (κ3) is 4.73. The number of nitrogens with zero attached hydrogens (tertiary/aromatic N) is 2. The van der Waals surface area contributed by atoms with E-state index in [-0.39, 0.29) is 18.0 Å². The highest BCUT2D eigenvalue weighted by atomic mass is 32.2. The summed E-state index contributed by atoms with van der Waals surface area (Å²) in [7, 11) is 0. The van der Waals surface area contributed by atoms with Crippen LogP contribution in [-0.4, -0.2) is 33.8 Å². The van der Waals surface area contributed by atoms with Crippen LogP contribution in [-0.2, 0) is 16.1 Å². The summed E-state index contributed by atoms with van der Waals surface area (Å²) < 4.78 is 33.6. The van der Waals surface area contributed by atoms with Crippen LogP contribution in [0.1, 0.15) is 24.2 Å². The number of ether oxygens (including phenoxy) is 1. The smallest absolute Gasteiger partial charge is 0.338 e. The molecular formula is C20H19F2N3O3S. The van der Waals surface area contributed by atoms with Gasteiger partial charge in [0, 0.05) is 12.6 Å². The predicted molar refractivity (Wildman–Crippen MR) is 107 cm³/mol. The maximum Gasteiger partial charge on any atom is 0.338 e. The maximum atomic E-state index is 13.7. The van der Waals surface area contributed by atoms with Gasteiger partial charge in [0.1, 0.15) is 11.6 Å². The lowest BCUT2D eigenvalue weighted by Crippen LogP contribution is -2.15. The van der Waals surface area contributed by atoms with Crippen LogP contribution in [0.15, 0.2) is 41.6 Å². The number of amides is 1. The SMILES string of the molecule is CCOC(=O)c1ccc2c(c1)nc(SCC(=O)Nc1ccc(F)cc1F)n2CC. The molecule has 1 heterocycles. The Bertz CT molecular complexity index is 1070. The second kappa shape index (κ2) is 9.04. The maximum absolute atomic E-state index is 13.7. The van der Waals surface area contributed by atoms with Crippen molar-refractivity contribution in [3.8, 4) is 0 Å². The van der Waals surface area contributed by atoms with Crippen LogP contribution in [0.25, 0.3) is 11.0 Å². The van der Waals surface area contributed by atoms with E-state index in [1.165, 1.54) is 17.8 Å². The zero-order valence-corrected chi connectivity index (χ0v) is 16.7. The van der Waals surface area contributed by atoms with Gasteiger partial charge >= 0.3 is 5.97 Å². The number of thioether (sulfide) groups is 1. The minimum Gasteiger partial charge on any atom is -0.462 e. The number of aryl methyl sites for hydroxylation is 1. The Morgan fingerprint density at radius 1 is 1.17 bits per heavy atom. The van der Waals surface area contributed by atoms with Crippen LogP contribution in [0.4, 0.5) is 14.5 Å². The van der Waals surface area contributed by atoms with E-state index in [1.807, 2.05) is 11.5 Å². The summed E-state index contributed by atoms with van der Waals surface area (Å²) in [4.78, 5) is 28.6. The normalized spacial score (nSPS) is 10.9. The highest BCUT2D eigenvalue weighted by Crippen LogP contribution is 2.25. The average Bonchev–Trinajstić information content (AvgIpc) is 3.05. The third-order valence-electron chi connectivity index (χ3n) is 4.08. The molecule has 3 aromatic rings. The number of carbonyl (C=O) groups is 2. The Morgan fingerprint density at radius 2 is 1.97 bits per heavy atom. The molecule has 1 N–H and O–H groups in total. The molecule has 1 aromatic heterocycles. The lowest BCUT2D eigenvalue weighted by Gasteiger charge is -2.07. The molecule has 1 amide bonds. The van der Waals surface area contributed by atoms with Crippen molar-refractivity contribution in [1.29, 1.82) is 0 Å². The Kier molecular flexibility index (Phi) is 6.48. The van der Waals surface area contributed by atoms with Gasteiger partial charge in [0.25, 0.3) is 0 Å². The topological polar surface area (TPSA) is 73.2 Å². The van der Waals surface area contributed by atoms with Crippen molar-refractivity contribution in [3.05, 3.63) is 53.6 Å². The molecule has 0 bridgehead atoms. The fourth-order valence-corrected chi connectivity index (χ4v) is 3.65. The van der Waals surface area contributed by atoms with Crippen LogP contribution in [0.2, 0.25) is 0 Å². The van der Waals surface area contributed by atoms with Crippen LogP contribution in [0.5, 0.6) is 0 Å².